The zero-order valence-corrected chi connectivity index (χ0v) is 16.2. The number of rotatable bonds is 6. The van der Waals surface area contributed by atoms with Crippen molar-refractivity contribution in [3.63, 3.8) is 0 Å². The summed E-state index contributed by atoms with van der Waals surface area (Å²) in [6.45, 7) is 2.49. The van der Waals surface area contributed by atoms with Crippen molar-refractivity contribution >= 4 is 5.97 Å². The topological polar surface area (TPSA) is 110 Å². The largest absolute Gasteiger partial charge is 2.00 e. The quantitative estimate of drug-likeness (QED) is 0.545. The second-order valence-corrected chi connectivity index (χ2v) is 5.55. The van der Waals surface area contributed by atoms with Crippen LogP contribution in [0.5, 0.6) is 5.75 Å². The third-order valence-corrected chi connectivity index (χ3v) is 3.77. The van der Waals surface area contributed by atoms with Gasteiger partial charge in [-0.3, -0.25) is 0 Å². The van der Waals surface area contributed by atoms with Gasteiger partial charge in [0.25, 0.3) is 0 Å². The van der Waals surface area contributed by atoms with E-state index < -0.39 is 5.97 Å². The average molecular weight is 517 g/mol. The predicted octanol–water partition coefficient (Wildman–Crippen LogP) is -0.110. The molecule has 0 saturated heterocycles. The maximum Gasteiger partial charge on any atom is 2.00 e. The van der Waals surface area contributed by atoms with Crippen molar-refractivity contribution < 1.29 is 40.8 Å². The number of para-hydroxylation sites is 1. The molecule has 3 N–H and O–H groups in total. The van der Waals surface area contributed by atoms with E-state index in [4.69, 9.17) is 5.73 Å². The molecule has 6 nitrogen and oxygen atoms in total. The minimum absolute atomic E-state index is 0. The molecule has 0 amide bonds. The SMILES string of the molecule is CCOCC(=O)[O-].N[C@@H]1CCCC[C@H]1NCc1ccccc1[O-].[Pt+2]. The second kappa shape index (κ2) is 13.4. The molecule has 138 valence electrons. The van der Waals surface area contributed by atoms with Gasteiger partial charge in [0.1, 0.15) is 0 Å². The van der Waals surface area contributed by atoms with Gasteiger partial charge in [-0.05, 0) is 25.3 Å². The molecule has 1 saturated carbocycles. The van der Waals surface area contributed by atoms with Gasteiger partial charge in [-0.2, -0.15) is 0 Å². The summed E-state index contributed by atoms with van der Waals surface area (Å²) in [7, 11) is 0. The fraction of sp³-hybridized carbons (Fsp3) is 0.588. The average Bonchev–Trinajstić information content (AvgIpc) is 2.54. The molecule has 1 fully saturated rings. The van der Waals surface area contributed by atoms with Crippen molar-refractivity contribution in [1.82, 2.24) is 5.32 Å². The van der Waals surface area contributed by atoms with Crippen LogP contribution in [0.2, 0.25) is 0 Å². The van der Waals surface area contributed by atoms with Crippen LogP contribution in [-0.4, -0.2) is 31.3 Å². The van der Waals surface area contributed by atoms with Crippen LogP contribution in [0, 0.1) is 0 Å². The first-order valence-electron chi connectivity index (χ1n) is 8.06. The van der Waals surface area contributed by atoms with Crippen LogP contribution in [0.4, 0.5) is 0 Å². The number of benzene rings is 1. The normalized spacial score (nSPS) is 19.6. The number of nitrogens with two attached hydrogens (primary N) is 1. The first-order chi connectivity index (χ1) is 11.0. The molecule has 0 unspecified atom stereocenters. The molecule has 1 aromatic rings. The second-order valence-electron chi connectivity index (χ2n) is 5.55. The molecular weight excluding hydrogens is 491 g/mol. The Hall–Kier alpha value is -0.942. The summed E-state index contributed by atoms with van der Waals surface area (Å²) in [6.07, 6.45) is 4.70. The van der Waals surface area contributed by atoms with Gasteiger partial charge in [0.05, 0.1) is 12.6 Å². The van der Waals surface area contributed by atoms with E-state index >= 15 is 0 Å². The molecule has 0 aromatic heterocycles. The monoisotopic (exact) mass is 517 g/mol. The van der Waals surface area contributed by atoms with Crippen molar-refractivity contribution in [3.05, 3.63) is 29.8 Å². The van der Waals surface area contributed by atoms with E-state index in [1.165, 1.54) is 12.8 Å². The molecule has 24 heavy (non-hydrogen) atoms. The summed E-state index contributed by atoms with van der Waals surface area (Å²) in [5.74, 6) is -1.05. The molecule has 0 radical (unpaired) electrons. The fourth-order valence-electron chi connectivity index (χ4n) is 2.49. The number of hydrogen-bond acceptors (Lipinski definition) is 6. The Morgan fingerprint density at radius 2 is 2.00 bits per heavy atom. The number of carbonyl (C=O) groups excluding carboxylic acids is 1. The Labute approximate surface area is 158 Å². The van der Waals surface area contributed by atoms with Crippen molar-refractivity contribution in [1.29, 1.82) is 0 Å². The Balaban J connectivity index is 0.000000570. The van der Waals surface area contributed by atoms with Crippen LogP contribution in [-0.2, 0) is 37.1 Å². The fourth-order valence-corrected chi connectivity index (χ4v) is 2.49. The van der Waals surface area contributed by atoms with Crippen LogP contribution < -0.4 is 21.3 Å². The van der Waals surface area contributed by atoms with Crippen molar-refractivity contribution in [2.75, 3.05) is 13.2 Å². The number of carbonyl (C=O) groups is 1. The van der Waals surface area contributed by atoms with Crippen LogP contribution in [0.25, 0.3) is 0 Å². The van der Waals surface area contributed by atoms with Gasteiger partial charge in [-0.15, -0.1) is 5.75 Å². The van der Waals surface area contributed by atoms with Gasteiger partial charge in [0, 0.05) is 25.2 Å². The van der Waals surface area contributed by atoms with Gasteiger partial charge >= 0.3 is 21.1 Å². The third-order valence-electron chi connectivity index (χ3n) is 3.77. The van der Waals surface area contributed by atoms with Gasteiger partial charge in [-0.25, -0.2) is 0 Å². The van der Waals surface area contributed by atoms with Gasteiger partial charge < -0.3 is 30.8 Å². The van der Waals surface area contributed by atoms with Crippen LogP contribution in [0.3, 0.4) is 0 Å². The maximum atomic E-state index is 11.5. The molecule has 0 spiro atoms. The summed E-state index contributed by atoms with van der Waals surface area (Å²) >= 11 is 0. The Morgan fingerprint density at radius 3 is 2.54 bits per heavy atom. The van der Waals surface area contributed by atoms with E-state index in [1.54, 1.807) is 19.1 Å². The molecule has 0 aliphatic heterocycles. The number of ether oxygens (including phenoxy) is 1. The number of hydrogen-bond donors (Lipinski definition) is 2. The van der Waals surface area contributed by atoms with Crippen molar-refractivity contribution in [2.45, 2.75) is 51.2 Å². The summed E-state index contributed by atoms with van der Waals surface area (Å²) in [5.41, 5.74) is 6.87. The van der Waals surface area contributed by atoms with Gasteiger partial charge in [0.15, 0.2) is 0 Å². The molecular formula is C17H26N2O4Pt. The standard InChI is InChI=1S/C13H20N2O.C4H8O3.Pt/c14-11-6-2-3-7-12(11)15-9-10-5-1-4-8-13(10)16;1-2-7-3-4(5)6;/h1,4-5,8,11-12,15-16H,2-3,6-7,9,14H2;2-3H2,1H3,(H,5,6);/q;;+2/p-2/t11-,12-;;/m1../s1. The van der Waals surface area contributed by atoms with Gasteiger partial charge in [-0.1, -0.05) is 37.1 Å². The number of carboxylic acids is 1. The summed E-state index contributed by atoms with van der Waals surface area (Å²) in [5, 5.41) is 24.4. The molecule has 0 bridgehead atoms. The predicted molar refractivity (Wildman–Crippen MR) is 84.5 cm³/mol. The van der Waals surface area contributed by atoms with E-state index in [1.807, 2.05) is 12.1 Å². The summed E-state index contributed by atoms with van der Waals surface area (Å²) in [4.78, 5) is 9.52. The van der Waals surface area contributed by atoms with Crippen molar-refractivity contribution in [3.8, 4) is 5.75 Å². The van der Waals surface area contributed by atoms with E-state index in [0.717, 1.165) is 18.4 Å². The molecule has 0 heterocycles. The minimum Gasteiger partial charge on any atom is -0.872 e. The van der Waals surface area contributed by atoms with Gasteiger partial charge in [0.2, 0.25) is 0 Å². The zero-order valence-electron chi connectivity index (χ0n) is 13.9. The van der Waals surface area contributed by atoms with Crippen molar-refractivity contribution in [2.24, 2.45) is 5.73 Å². The maximum absolute atomic E-state index is 11.5. The van der Waals surface area contributed by atoms with Crippen LogP contribution in [0.1, 0.15) is 38.2 Å². The number of aliphatic carboxylic acids is 1. The third kappa shape index (κ3) is 9.38. The molecule has 1 aliphatic rings. The Kier molecular flexibility index (Phi) is 12.8. The van der Waals surface area contributed by atoms with E-state index in [-0.39, 0.29) is 39.5 Å². The number of carboxylic acid groups (broad SMARTS) is 1. The first kappa shape index (κ1) is 23.1. The minimum atomic E-state index is -1.16. The molecule has 1 aliphatic carbocycles. The molecule has 2 rings (SSSR count). The summed E-state index contributed by atoms with van der Waals surface area (Å²) in [6, 6.07) is 7.78. The number of nitrogens with one attached hydrogen (secondary N) is 1. The smallest absolute Gasteiger partial charge is 0.872 e. The van der Waals surface area contributed by atoms with Crippen LogP contribution in [0.15, 0.2) is 24.3 Å². The Morgan fingerprint density at radius 1 is 1.33 bits per heavy atom. The first-order valence-corrected chi connectivity index (χ1v) is 8.06. The molecule has 2 atom stereocenters. The van der Waals surface area contributed by atoms with E-state index in [0.29, 0.717) is 19.2 Å². The molecule has 7 heteroatoms. The van der Waals surface area contributed by atoms with Crippen LogP contribution >= 0.6 is 0 Å². The van der Waals surface area contributed by atoms with E-state index in [2.05, 4.69) is 10.1 Å². The Bertz CT molecular complexity index is 474. The van der Waals surface area contributed by atoms with E-state index in [9.17, 15) is 15.0 Å². The summed E-state index contributed by atoms with van der Waals surface area (Å²) < 4.78 is 4.43. The zero-order chi connectivity index (χ0) is 17.1. The molecule has 1 aromatic carbocycles.